The van der Waals surface area contributed by atoms with Crippen LogP contribution in [0.2, 0.25) is 0 Å². The summed E-state index contributed by atoms with van der Waals surface area (Å²) in [5, 5.41) is 0. The maximum atomic E-state index is 4.09. The van der Waals surface area contributed by atoms with Crippen molar-refractivity contribution >= 4 is 11.4 Å². The van der Waals surface area contributed by atoms with Gasteiger partial charge in [-0.15, -0.1) is 0 Å². The minimum absolute atomic E-state index is 0.0351. The van der Waals surface area contributed by atoms with Crippen molar-refractivity contribution in [3.8, 4) is 11.1 Å². The van der Waals surface area contributed by atoms with E-state index in [4.69, 9.17) is 0 Å². The topological polar surface area (TPSA) is 3.24 Å². The molecule has 1 aliphatic carbocycles. The average Bonchev–Trinajstić information content (AvgIpc) is 2.95. The van der Waals surface area contributed by atoms with E-state index in [-0.39, 0.29) is 5.41 Å². The van der Waals surface area contributed by atoms with E-state index in [1.807, 2.05) is 13.0 Å². The van der Waals surface area contributed by atoms with Crippen LogP contribution in [0.25, 0.3) is 11.1 Å². The van der Waals surface area contributed by atoms with Gasteiger partial charge in [0.1, 0.15) is 0 Å². The molecular weight excluding hydrogens is 362 g/mol. The van der Waals surface area contributed by atoms with Crippen molar-refractivity contribution in [2.45, 2.75) is 33.1 Å². The summed E-state index contributed by atoms with van der Waals surface area (Å²) in [5.74, 6) is 0. The van der Waals surface area contributed by atoms with E-state index in [1.165, 1.54) is 27.8 Å². The van der Waals surface area contributed by atoms with Crippen molar-refractivity contribution in [2.24, 2.45) is 0 Å². The van der Waals surface area contributed by atoms with Crippen LogP contribution in [0, 0.1) is 6.92 Å². The molecule has 0 unspecified atom stereocenters. The third-order valence-electron chi connectivity index (χ3n) is 5.95. The van der Waals surface area contributed by atoms with Gasteiger partial charge in [0.2, 0.25) is 0 Å². The molecule has 1 nitrogen and oxygen atoms in total. The maximum absolute atomic E-state index is 4.09. The number of allylic oxidation sites excluding steroid dienone is 3. The van der Waals surface area contributed by atoms with Gasteiger partial charge in [-0.3, -0.25) is 0 Å². The zero-order valence-electron chi connectivity index (χ0n) is 18.4. The number of rotatable bonds is 5. The second-order valence-corrected chi connectivity index (χ2v) is 8.69. The predicted octanol–water partition coefficient (Wildman–Crippen LogP) is 8.09. The number of anilines is 2. The van der Waals surface area contributed by atoms with Crippen molar-refractivity contribution in [2.75, 3.05) is 4.90 Å². The summed E-state index contributed by atoms with van der Waals surface area (Å²) in [6.07, 6.45) is 3.99. The second-order valence-electron chi connectivity index (χ2n) is 8.69. The van der Waals surface area contributed by atoms with E-state index in [1.54, 1.807) is 0 Å². The van der Waals surface area contributed by atoms with Crippen molar-refractivity contribution in [1.29, 1.82) is 0 Å². The first-order valence-electron chi connectivity index (χ1n) is 10.4. The van der Waals surface area contributed by atoms with Crippen LogP contribution >= 0.6 is 0 Å². The molecule has 150 valence electrons. The Hall–Kier alpha value is -3.32. The molecular formula is C29H29N. The molecule has 0 spiro atoms. The Morgan fingerprint density at radius 1 is 0.867 bits per heavy atom. The second kappa shape index (κ2) is 7.50. The van der Waals surface area contributed by atoms with Gasteiger partial charge in [0.05, 0.1) is 0 Å². The lowest BCUT2D eigenvalue weighted by Gasteiger charge is -2.29. The number of hydrogen-bond donors (Lipinski definition) is 0. The molecule has 4 rings (SSSR count). The highest BCUT2D eigenvalue weighted by Crippen LogP contribution is 2.50. The minimum atomic E-state index is -0.0351. The highest BCUT2D eigenvalue weighted by atomic mass is 15.1. The van der Waals surface area contributed by atoms with Gasteiger partial charge in [-0.2, -0.15) is 0 Å². The summed E-state index contributed by atoms with van der Waals surface area (Å²) in [4.78, 5) is 2.27. The fraction of sp³-hybridized carbons (Fsp3) is 0.172. The van der Waals surface area contributed by atoms with Gasteiger partial charge in [-0.1, -0.05) is 75.0 Å². The van der Waals surface area contributed by atoms with Gasteiger partial charge in [0, 0.05) is 22.5 Å². The molecule has 3 aromatic rings. The summed E-state index contributed by atoms with van der Waals surface area (Å²) in [6, 6.07) is 24.2. The van der Waals surface area contributed by atoms with Crippen LogP contribution in [-0.4, -0.2) is 0 Å². The number of hydrogen-bond acceptors (Lipinski definition) is 1. The van der Waals surface area contributed by atoms with E-state index in [2.05, 4.69) is 112 Å². The third kappa shape index (κ3) is 3.31. The smallest absolute Gasteiger partial charge is 0.0465 e. The summed E-state index contributed by atoms with van der Waals surface area (Å²) >= 11 is 0. The Morgan fingerprint density at radius 2 is 1.57 bits per heavy atom. The van der Waals surface area contributed by atoms with Crippen LogP contribution < -0.4 is 4.90 Å². The van der Waals surface area contributed by atoms with Gasteiger partial charge in [-0.25, -0.2) is 0 Å². The fourth-order valence-electron chi connectivity index (χ4n) is 4.51. The van der Waals surface area contributed by atoms with E-state index >= 15 is 0 Å². The molecule has 0 fully saturated rings. The van der Waals surface area contributed by atoms with Crippen LogP contribution in [0.3, 0.4) is 0 Å². The van der Waals surface area contributed by atoms with Crippen molar-refractivity contribution < 1.29 is 0 Å². The lowest BCUT2D eigenvalue weighted by atomic mass is 9.82. The first kappa shape index (κ1) is 20.0. The van der Waals surface area contributed by atoms with Crippen molar-refractivity contribution in [3.05, 3.63) is 120 Å². The standard InChI is InChI=1S/C29H29N/c1-7-22(17-20(2)3)30(23-12-10-11-21(4)18-23)24-15-16-26-25-13-8-9-14-27(25)29(5,6)28(26)19-24/h7-19H,1-2H2,3-6H3/b22-17+. The monoisotopic (exact) mass is 391 g/mol. The highest BCUT2D eigenvalue weighted by molar-refractivity contribution is 5.84. The Labute approximate surface area is 180 Å². The Bertz CT molecular complexity index is 1180. The van der Waals surface area contributed by atoms with Gasteiger partial charge in [0.15, 0.2) is 0 Å². The van der Waals surface area contributed by atoms with Crippen LogP contribution in [0.4, 0.5) is 11.4 Å². The summed E-state index contributed by atoms with van der Waals surface area (Å²) < 4.78 is 0. The van der Waals surface area contributed by atoms with Gasteiger partial charge >= 0.3 is 0 Å². The van der Waals surface area contributed by atoms with Crippen molar-refractivity contribution in [1.82, 2.24) is 0 Å². The molecule has 0 aromatic heterocycles. The van der Waals surface area contributed by atoms with Crippen LogP contribution in [-0.2, 0) is 5.41 Å². The summed E-state index contributed by atoms with van der Waals surface area (Å²) in [7, 11) is 0. The molecule has 3 aromatic carbocycles. The Morgan fingerprint density at radius 3 is 2.27 bits per heavy atom. The first-order chi connectivity index (χ1) is 14.3. The highest BCUT2D eigenvalue weighted by Gasteiger charge is 2.35. The molecule has 0 atom stereocenters. The molecule has 0 heterocycles. The Kier molecular flexibility index (Phi) is 4.99. The lowest BCUT2D eigenvalue weighted by molar-refractivity contribution is 0.660. The average molecular weight is 392 g/mol. The van der Waals surface area contributed by atoms with E-state index in [9.17, 15) is 0 Å². The molecule has 0 aliphatic heterocycles. The summed E-state index contributed by atoms with van der Waals surface area (Å²) in [5.41, 5.74) is 10.9. The predicted molar refractivity (Wildman–Crippen MR) is 130 cm³/mol. The van der Waals surface area contributed by atoms with Gasteiger partial charge in [-0.05, 0) is 78.1 Å². The molecule has 0 amide bonds. The molecule has 30 heavy (non-hydrogen) atoms. The van der Waals surface area contributed by atoms with Crippen LogP contribution in [0.1, 0.15) is 37.5 Å². The lowest BCUT2D eigenvalue weighted by Crippen LogP contribution is -2.18. The quantitative estimate of drug-likeness (QED) is 0.397. The number of nitrogens with zero attached hydrogens (tertiary/aromatic N) is 1. The molecule has 0 radical (unpaired) electrons. The number of fused-ring (bicyclic) bond motifs is 3. The normalized spacial score (nSPS) is 14.1. The zero-order chi connectivity index (χ0) is 21.5. The molecule has 1 heteroatoms. The zero-order valence-corrected chi connectivity index (χ0v) is 18.4. The summed E-state index contributed by atoms with van der Waals surface area (Å²) in [6.45, 7) is 16.9. The largest absolute Gasteiger partial charge is 0.310 e. The molecule has 1 aliphatic rings. The van der Waals surface area contributed by atoms with E-state index in [0.29, 0.717) is 0 Å². The van der Waals surface area contributed by atoms with Gasteiger partial charge < -0.3 is 4.90 Å². The van der Waals surface area contributed by atoms with Crippen LogP contribution in [0.15, 0.2) is 103 Å². The van der Waals surface area contributed by atoms with Crippen LogP contribution in [0.5, 0.6) is 0 Å². The molecule has 0 bridgehead atoms. The fourth-order valence-corrected chi connectivity index (χ4v) is 4.51. The SMILES string of the molecule is C=C/C(=C\C(=C)C)N(c1cccc(C)c1)c1ccc2c(c1)C(C)(C)c1ccccc1-2. The first-order valence-corrected chi connectivity index (χ1v) is 10.4. The molecule has 0 N–H and O–H groups in total. The number of benzene rings is 3. The van der Waals surface area contributed by atoms with Crippen molar-refractivity contribution in [3.63, 3.8) is 0 Å². The molecule has 0 saturated carbocycles. The van der Waals surface area contributed by atoms with Gasteiger partial charge in [0.25, 0.3) is 0 Å². The molecule has 0 saturated heterocycles. The maximum Gasteiger partial charge on any atom is 0.0465 e. The van der Waals surface area contributed by atoms with E-state index < -0.39 is 0 Å². The number of aryl methyl sites for hydroxylation is 1. The van der Waals surface area contributed by atoms with E-state index in [0.717, 1.165) is 22.6 Å². The third-order valence-corrected chi connectivity index (χ3v) is 5.95. The Balaban J connectivity index is 1.93. The minimum Gasteiger partial charge on any atom is -0.310 e.